The van der Waals surface area contributed by atoms with Crippen molar-refractivity contribution in [2.24, 2.45) is 4.99 Å². The van der Waals surface area contributed by atoms with E-state index in [-0.39, 0.29) is 0 Å². The summed E-state index contributed by atoms with van der Waals surface area (Å²) in [5.74, 6) is 0.766. The summed E-state index contributed by atoms with van der Waals surface area (Å²) in [6.45, 7) is 6.21. The van der Waals surface area contributed by atoms with E-state index in [1.807, 2.05) is 49.5 Å². The minimum atomic E-state index is -0.492. The molecule has 0 saturated heterocycles. The van der Waals surface area contributed by atoms with Crippen molar-refractivity contribution in [3.63, 3.8) is 0 Å². The third-order valence-electron chi connectivity index (χ3n) is 4.60. The summed E-state index contributed by atoms with van der Waals surface area (Å²) in [4.78, 5) is 9.28. The fourth-order valence-electron chi connectivity index (χ4n) is 3.12. The van der Waals surface area contributed by atoms with Crippen LogP contribution in [0, 0.1) is 6.92 Å². The van der Waals surface area contributed by atoms with Crippen LogP contribution in [0.25, 0.3) is 5.65 Å². The van der Waals surface area contributed by atoms with Crippen molar-refractivity contribution in [3.05, 3.63) is 71.7 Å². The smallest absolute Gasteiger partial charge is 0.191 e. The molecule has 0 aliphatic carbocycles. The number of aliphatic imine (C=N–C) groups is 1. The zero-order valence-corrected chi connectivity index (χ0v) is 16.6. The van der Waals surface area contributed by atoms with E-state index in [1.54, 1.807) is 0 Å². The fourth-order valence-corrected chi connectivity index (χ4v) is 3.12. The number of rotatable bonds is 8. The highest BCUT2D eigenvalue weighted by Crippen LogP contribution is 2.15. The van der Waals surface area contributed by atoms with Crippen LogP contribution in [0.1, 0.15) is 36.3 Å². The molecule has 3 aromatic rings. The van der Waals surface area contributed by atoms with Crippen LogP contribution in [0.4, 0.5) is 0 Å². The molecule has 0 radical (unpaired) electrons. The standard InChI is InChI=1S/C22H29N5O/c1-3-23-22(25-14-12-20(28)18-9-5-4-6-10-18)24-13-11-19-16-27-15-7-8-17(2)21(27)26-19/h4-10,15-16,20,28H,3,11-14H2,1-2H3,(H2,23,24,25). The van der Waals surface area contributed by atoms with Gasteiger partial charge in [-0.2, -0.15) is 0 Å². The average Bonchev–Trinajstić information content (AvgIpc) is 3.13. The number of fused-ring (bicyclic) bond motifs is 1. The molecule has 2 heterocycles. The van der Waals surface area contributed by atoms with Crippen LogP contribution in [-0.2, 0) is 6.42 Å². The van der Waals surface area contributed by atoms with Gasteiger partial charge in [0.1, 0.15) is 5.65 Å². The maximum Gasteiger partial charge on any atom is 0.191 e. The van der Waals surface area contributed by atoms with Crippen molar-refractivity contribution in [3.8, 4) is 0 Å². The Labute approximate surface area is 166 Å². The van der Waals surface area contributed by atoms with Crippen molar-refractivity contribution in [1.29, 1.82) is 0 Å². The van der Waals surface area contributed by atoms with Crippen molar-refractivity contribution >= 4 is 11.6 Å². The third-order valence-corrected chi connectivity index (χ3v) is 4.60. The maximum atomic E-state index is 10.3. The molecule has 3 N–H and O–H groups in total. The van der Waals surface area contributed by atoms with Gasteiger partial charge in [-0.15, -0.1) is 0 Å². The Morgan fingerprint density at radius 1 is 1.18 bits per heavy atom. The largest absolute Gasteiger partial charge is 0.388 e. The number of nitrogens with zero attached hydrogens (tertiary/aromatic N) is 3. The van der Waals surface area contributed by atoms with E-state index >= 15 is 0 Å². The molecule has 148 valence electrons. The lowest BCUT2D eigenvalue weighted by atomic mass is 10.1. The summed E-state index contributed by atoms with van der Waals surface area (Å²) >= 11 is 0. The molecule has 28 heavy (non-hydrogen) atoms. The lowest BCUT2D eigenvalue weighted by Crippen LogP contribution is -2.38. The molecule has 0 aliphatic heterocycles. The monoisotopic (exact) mass is 379 g/mol. The first kappa shape index (κ1) is 19.9. The number of benzene rings is 1. The fraction of sp³-hybridized carbons (Fsp3) is 0.364. The summed E-state index contributed by atoms with van der Waals surface area (Å²) in [6.07, 6.45) is 5.01. The van der Waals surface area contributed by atoms with E-state index < -0.39 is 6.10 Å². The van der Waals surface area contributed by atoms with Crippen LogP contribution in [0.15, 0.2) is 59.9 Å². The van der Waals surface area contributed by atoms with E-state index in [1.165, 1.54) is 5.56 Å². The number of aryl methyl sites for hydroxylation is 1. The lowest BCUT2D eigenvalue weighted by Gasteiger charge is -2.12. The van der Waals surface area contributed by atoms with Crippen LogP contribution in [0.2, 0.25) is 0 Å². The molecule has 0 amide bonds. The van der Waals surface area contributed by atoms with Crippen molar-refractivity contribution in [1.82, 2.24) is 20.0 Å². The Hall–Kier alpha value is -2.86. The van der Waals surface area contributed by atoms with Crippen LogP contribution < -0.4 is 10.6 Å². The number of hydrogen-bond acceptors (Lipinski definition) is 3. The zero-order valence-electron chi connectivity index (χ0n) is 16.6. The van der Waals surface area contributed by atoms with Gasteiger partial charge in [0.2, 0.25) is 0 Å². The summed E-state index contributed by atoms with van der Waals surface area (Å²) in [5, 5.41) is 16.9. The zero-order chi connectivity index (χ0) is 19.8. The van der Waals surface area contributed by atoms with E-state index in [2.05, 4.69) is 39.2 Å². The number of nitrogens with one attached hydrogen (secondary N) is 2. The molecule has 0 aliphatic rings. The van der Waals surface area contributed by atoms with Crippen LogP contribution in [0.5, 0.6) is 0 Å². The Balaban J connectivity index is 1.50. The van der Waals surface area contributed by atoms with E-state index in [9.17, 15) is 5.11 Å². The number of aliphatic hydroxyl groups is 1. The Bertz CT molecular complexity index is 904. The maximum absolute atomic E-state index is 10.3. The third kappa shape index (κ3) is 5.33. The van der Waals surface area contributed by atoms with Crippen molar-refractivity contribution < 1.29 is 5.11 Å². The van der Waals surface area contributed by atoms with Crippen LogP contribution >= 0.6 is 0 Å². The predicted molar refractivity (Wildman–Crippen MR) is 114 cm³/mol. The number of guanidine groups is 1. The first-order valence-electron chi connectivity index (χ1n) is 9.85. The van der Waals surface area contributed by atoms with Gasteiger partial charge in [-0.25, -0.2) is 4.98 Å². The van der Waals surface area contributed by atoms with Crippen molar-refractivity contribution in [2.45, 2.75) is 32.8 Å². The SMILES string of the molecule is CCNC(=NCCC(O)c1ccccc1)NCCc1cn2cccc(C)c2n1. The molecule has 0 spiro atoms. The van der Waals surface area contributed by atoms with E-state index in [0.717, 1.165) is 42.4 Å². The lowest BCUT2D eigenvalue weighted by molar-refractivity contribution is 0.170. The molecule has 1 atom stereocenters. The minimum Gasteiger partial charge on any atom is -0.388 e. The van der Waals surface area contributed by atoms with Gasteiger partial charge in [-0.05, 0) is 37.5 Å². The topological polar surface area (TPSA) is 74.0 Å². The number of aromatic nitrogens is 2. The highest BCUT2D eigenvalue weighted by Gasteiger charge is 2.07. The average molecular weight is 380 g/mol. The van der Waals surface area contributed by atoms with Gasteiger partial charge in [-0.3, -0.25) is 4.99 Å². The van der Waals surface area contributed by atoms with Crippen LogP contribution in [-0.4, -0.2) is 40.1 Å². The molecule has 0 fully saturated rings. The van der Waals surface area contributed by atoms with Gasteiger partial charge < -0.3 is 20.1 Å². The van der Waals surface area contributed by atoms with E-state index in [4.69, 9.17) is 4.98 Å². The molecule has 6 nitrogen and oxygen atoms in total. The highest BCUT2D eigenvalue weighted by atomic mass is 16.3. The summed E-state index contributed by atoms with van der Waals surface area (Å²) in [5.41, 5.74) is 4.16. The van der Waals surface area contributed by atoms with Crippen LogP contribution in [0.3, 0.4) is 0 Å². The number of hydrogen-bond donors (Lipinski definition) is 3. The summed E-state index contributed by atoms with van der Waals surface area (Å²) in [6, 6.07) is 13.8. The Morgan fingerprint density at radius 3 is 2.75 bits per heavy atom. The molecule has 1 aromatic carbocycles. The number of aliphatic hydroxyl groups excluding tert-OH is 1. The molecular formula is C22H29N5O. The van der Waals surface area contributed by atoms with E-state index in [0.29, 0.717) is 13.0 Å². The quantitative estimate of drug-likeness (QED) is 0.416. The van der Waals surface area contributed by atoms with Crippen molar-refractivity contribution in [2.75, 3.05) is 19.6 Å². The Morgan fingerprint density at radius 2 is 2.00 bits per heavy atom. The van der Waals surface area contributed by atoms with Gasteiger partial charge in [-0.1, -0.05) is 36.4 Å². The normalized spacial score (nSPS) is 12.9. The van der Waals surface area contributed by atoms with Gasteiger partial charge in [0.25, 0.3) is 0 Å². The van der Waals surface area contributed by atoms with Gasteiger partial charge in [0.15, 0.2) is 5.96 Å². The summed E-state index contributed by atoms with van der Waals surface area (Å²) < 4.78 is 2.06. The molecule has 6 heteroatoms. The second-order valence-electron chi connectivity index (χ2n) is 6.81. The molecule has 0 bridgehead atoms. The van der Waals surface area contributed by atoms with Gasteiger partial charge in [0, 0.05) is 38.4 Å². The summed E-state index contributed by atoms with van der Waals surface area (Å²) in [7, 11) is 0. The second kappa shape index (κ2) is 9.90. The number of imidazole rings is 1. The van der Waals surface area contributed by atoms with Gasteiger partial charge >= 0.3 is 0 Å². The second-order valence-corrected chi connectivity index (χ2v) is 6.81. The minimum absolute atomic E-state index is 0.492. The highest BCUT2D eigenvalue weighted by molar-refractivity contribution is 5.79. The molecule has 0 saturated carbocycles. The first-order valence-corrected chi connectivity index (χ1v) is 9.85. The number of pyridine rings is 1. The Kier molecular flexibility index (Phi) is 7.03. The molecule has 1 unspecified atom stereocenters. The predicted octanol–water partition coefficient (Wildman–Crippen LogP) is 2.86. The van der Waals surface area contributed by atoms with Gasteiger partial charge in [0.05, 0.1) is 11.8 Å². The molecule has 3 rings (SSSR count). The molecular weight excluding hydrogens is 350 g/mol. The molecule has 2 aromatic heterocycles. The first-order chi connectivity index (χ1) is 13.7.